The van der Waals surface area contributed by atoms with Crippen LogP contribution in [0.1, 0.15) is 26.7 Å². The quantitative estimate of drug-likeness (QED) is 0.506. The highest BCUT2D eigenvalue weighted by Crippen LogP contribution is 2.29. The van der Waals surface area contributed by atoms with E-state index in [2.05, 4.69) is 34.3 Å². The first-order valence-electron chi connectivity index (χ1n) is 11.2. The summed E-state index contributed by atoms with van der Waals surface area (Å²) in [6.45, 7) is 5.88. The van der Waals surface area contributed by atoms with E-state index in [1.807, 2.05) is 24.3 Å². The van der Waals surface area contributed by atoms with Crippen LogP contribution < -0.4 is 19.7 Å². The number of carboxylic acids is 1. The summed E-state index contributed by atoms with van der Waals surface area (Å²) >= 11 is 0. The van der Waals surface area contributed by atoms with Crippen LogP contribution in [0.4, 0.5) is 24.8 Å². The number of nitrogens with zero attached hydrogens (tertiary/aromatic N) is 5. The lowest BCUT2D eigenvalue weighted by molar-refractivity contribution is -0.192. The Morgan fingerprint density at radius 1 is 1.11 bits per heavy atom. The molecular formula is C23H27F3N6O4. The van der Waals surface area contributed by atoms with Crippen LogP contribution in [-0.2, 0) is 4.79 Å². The van der Waals surface area contributed by atoms with Gasteiger partial charge in [0.25, 0.3) is 0 Å². The minimum Gasteiger partial charge on any atom is -0.497 e. The number of halogens is 3. The molecular weight excluding hydrogens is 481 g/mol. The second-order valence-corrected chi connectivity index (χ2v) is 8.24. The number of carbonyl (C=O) groups is 1. The molecule has 3 heterocycles. The standard InChI is InChI=1S/C21H26N6O2.C2HF3O2/c1-14(2)24-20-21(26-19-13-23-22-12-18(19)25-20)27-9-7-15(8-10-27)29-17-6-4-5-16(11-17)28-3;3-2(4,5)1(6)7/h4-6,11-15H,7-10H2,1-3H3,(H,24,25);(H,6,7). The summed E-state index contributed by atoms with van der Waals surface area (Å²) in [5.74, 6) is 0.534. The predicted molar refractivity (Wildman–Crippen MR) is 126 cm³/mol. The molecule has 0 atom stereocenters. The largest absolute Gasteiger partial charge is 0.497 e. The number of fused-ring (bicyclic) bond motifs is 1. The molecule has 3 aromatic rings. The summed E-state index contributed by atoms with van der Waals surface area (Å²) in [7, 11) is 1.66. The third-order valence-electron chi connectivity index (χ3n) is 5.11. The molecule has 10 nitrogen and oxygen atoms in total. The van der Waals surface area contributed by atoms with Gasteiger partial charge in [-0.2, -0.15) is 23.4 Å². The van der Waals surface area contributed by atoms with Gasteiger partial charge in [0, 0.05) is 38.0 Å². The first-order valence-corrected chi connectivity index (χ1v) is 11.2. The van der Waals surface area contributed by atoms with E-state index in [0.717, 1.165) is 60.1 Å². The van der Waals surface area contributed by atoms with Crippen LogP contribution in [0.15, 0.2) is 36.7 Å². The van der Waals surface area contributed by atoms with Gasteiger partial charge in [-0.1, -0.05) is 6.07 Å². The Balaban J connectivity index is 0.000000454. The van der Waals surface area contributed by atoms with Gasteiger partial charge >= 0.3 is 12.1 Å². The molecule has 1 saturated heterocycles. The lowest BCUT2D eigenvalue weighted by Gasteiger charge is -2.34. The van der Waals surface area contributed by atoms with Gasteiger partial charge in [-0.15, -0.1) is 0 Å². The molecule has 0 spiro atoms. The van der Waals surface area contributed by atoms with E-state index < -0.39 is 12.1 Å². The van der Waals surface area contributed by atoms with Crippen LogP contribution in [0, 0.1) is 0 Å². The Bertz CT molecular complexity index is 1170. The Labute approximate surface area is 205 Å². The molecule has 0 bridgehead atoms. The van der Waals surface area contributed by atoms with Crippen LogP contribution in [0.25, 0.3) is 11.0 Å². The topological polar surface area (TPSA) is 123 Å². The Morgan fingerprint density at radius 2 is 1.69 bits per heavy atom. The summed E-state index contributed by atoms with van der Waals surface area (Å²) in [5, 5.41) is 18.4. The number of methoxy groups -OCH3 is 1. The minimum atomic E-state index is -5.08. The summed E-state index contributed by atoms with van der Waals surface area (Å²) < 4.78 is 43.2. The van der Waals surface area contributed by atoms with E-state index in [9.17, 15) is 13.2 Å². The minimum absolute atomic E-state index is 0.166. The molecule has 1 aliphatic heterocycles. The molecule has 2 N–H and O–H groups in total. The molecule has 1 fully saturated rings. The van der Waals surface area contributed by atoms with Crippen molar-refractivity contribution in [1.29, 1.82) is 0 Å². The molecule has 0 unspecified atom stereocenters. The zero-order chi connectivity index (χ0) is 26.3. The zero-order valence-corrected chi connectivity index (χ0v) is 20.0. The molecule has 2 aromatic heterocycles. The van der Waals surface area contributed by atoms with Crippen molar-refractivity contribution in [2.75, 3.05) is 30.4 Å². The lowest BCUT2D eigenvalue weighted by Crippen LogP contribution is -2.39. The fourth-order valence-electron chi connectivity index (χ4n) is 3.46. The van der Waals surface area contributed by atoms with Gasteiger partial charge in [-0.25, -0.2) is 14.8 Å². The fraction of sp³-hybridized carbons (Fsp3) is 0.435. The van der Waals surface area contributed by atoms with Crippen molar-refractivity contribution in [2.24, 2.45) is 0 Å². The number of ether oxygens (including phenoxy) is 2. The van der Waals surface area contributed by atoms with Crippen molar-refractivity contribution < 1.29 is 32.5 Å². The third kappa shape index (κ3) is 7.30. The first kappa shape index (κ1) is 26.7. The number of aromatic nitrogens is 4. The molecule has 194 valence electrons. The van der Waals surface area contributed by atoms with Crippen molar-refractivity contribution in [2.45, 2.75) is 45.0 Å². The van der Waals surface area contributed by atoms with Gasteiger partial charge in [-0.3, -0.25) is 0 Å². The van der Waals surface area contributed by atoms with Crippen LogP contribution in [0.5, 0.6) is 11.5 Å². The summed E-state index contributed by atoms with van der Waals surface area (Å²) in [4.78, 5) is 20.7. The van der Waals surface area contributed by atoms with Crippen LogP contribution in [-0.4, -0.2) is 69.8 Å². The summed E-state index contributed by atoms with van der Waals surface area (Å²) in [6.07, 6.45) is 0.202. The van der Waals surface area contributed by atoms with Gasteiger partial charge in [-0.05, 0) is 26.0 Å². The maximum atomic E-state index is 10.6. The van der Waals surface area contributed by atoms with E-state index in [0.29, 0.717) is 0 Å². The zero-order valence-electron chi connectivity index (χ0n) is 20.0. The number of hydrogen-bond donors (Lipinski definition) is 2. The van der Waals surface area contributed by atoms with Crippen molar-refractivity contribution in [1.82, 2.24) is 20.2 Å². The van der Waals surface area contributed by atoms with Gasteiger partial charge in [0.1, 0.15) is 28.6 Å². The first-order chi connectivity index (χ1) is 17.1. The van der Waals surface area contributed by atoms with E-state index >= 15 is 0 Å². The molecule has 0 aliphatic carbocycles. The van der Waals surface area contributed by atoms with Crippen molar-refractivity contribution in [3.63, 3.8) is 0 Å². The van der Waals surface area contributed by atoms with E-state index in [-0.39, 0.29) is 12.1 Å². The molecule has 4 rings (SSSR count). The van der Waals surface area contributed by atoms with Crippen LogP contribution in [0.3, 0.4) is 0 Å². The number of hydrogen-bond acceptors (Lipinski definition) is 9. The number of anilines is 2. The SMILES string of the molecule is COc1cccc(OC2CCN(c3nc4cnncc4nc3NC(C)C)CC2)c1.O=C(O)C(F)(F)F. The highest BCUT2D eigenvalue weighted by atomic mass is 19.4. The number of aliphatic carboxylic acids is 1. The number of nitrogens with one attached hydrogen (secondary N) is 1. The Morgan fingerprint density at radius 3 is 2.25 bits per heavy atom. The normalized spacial score (nSPS) is 14.2. The van der Waals surface area contributed by atoms with Crippen molar-refractivity contribution in [3.05, 3.63) is 36.7 Å². The molecule has 0 amide bonds. The number of carboxylic acid groups (broad SMARTS) is 1. The van der Waals surface area contributed by atoms with E-state index in [4.69, 9.17) is 29.3 Å². The van der Waals surface area contributed by atoms with Gasteiger partial charge in [0.2, 0.25) is 0 Å². The second-order valence-electron chi connectivity index (χ2n) is 8.24. The van der Waals surface area contributed by atoms with E-state index in [1.165, 1.54) is 0 Å². The number of piperidine rings is 1. The number of alkyl halides is 3. The monoisotopic (exact) mass is 508 g/mol. The van der Waals surface area contributed by atoms with Gasteiger partial charge < -0.3 is 24.8 Å². The third-order valence-corrected chi connectivity index (χ3v) is 5.11. The molecule has 0 saturated carbocycles. The maximum absolute atomic E-state index is 10.6. The lowest BCUT2D eigenvalue weighted by atomic mass is 10.1. The maximum Gasteiger partial charge on any atom is 0.490 e. The molecule has 0 radical (unpaired) electrons. The highest BCUT2D eigenvalue weighted by Gasteiger charge is 2.38. The highest BCUT2D eigenvalue weighted by molar-refractivity contribution is 5.79. The average molecular weight is 509 g/mol. The second kappa shape index (κ2) is 11.7. The van der Waals surface area contributed by atoms with Gasteiger partial charge in [0.05, 0.1) is 19.5 Å². The van der Waals surface area contributed by atoms with Crippen molar-refractivity contribution in [3.8, 4) is 11.5 Å². The smallest absolute Gasteiger partial charge is 0.490 e. The Hall–Kier alpha value is -3.90. The average Bonchev–Trinajstić information content (AvgIpc) is 2.84. The predicted octanol–water partition coefficient (Wildman–Crippen LogP) is 3.93. The van der Waals surface area contributed by atoms with Crippen molar-refractivity contribution >= 4 is 28.6 Å². The molecule has 36 heavy (non-hydrogen) atoms. The molecule has 1 aromatic carbocycles. The van der Waals surface area contributed by atoms with Gasteiger partial charge in [0.15, 0.2) is 11.6 Å². The summed E-state index contributed by atoms with van der Waals surface area (Å²) in [5.41, 5.74) is 1.49. The van der Waals surface area contributed by atoms with E-state index in [1.54, 1.807) is 19.5 Å². The van der Waals surface area contributed by atoms with Crippen LogP contribution >= 0.6 is 0 Å². The Kier molecular flexibility index (Phi) is 8.67. The summed E-state index contributed by atoms with van der Waals surface area (Å²) in [6, 6.07) is 8.01. The fourth-order valence-corrected chi connectivity index (χ4v) is 3.46. The number of benzene rings is 1. The molecule has 1 aliphatic rings. The molecule has 13 heteroatoms. The number of rotatable bonds is 6. The van der Waals surface area contributed by atoms with Crippen LogP contribution in [0.2, 0.25) is 0 Å².